The second-order valence-electron chi connectivity index (χ2n) is 5.92. The molecule has 1 aliphatic rings. The molecular formula is C13H26N2O4S. The largest absolute Gasteiger partial charge is 0.480 e. The van der Waals surface area contributed by atoms with E-state index in [1.165, 1.54) is 4.31 Å². The van der Waals surface area contributed by atoms with Crippen LogP contribution >= 0.6 is 0 Å². The van der Waals surface area contributed by atoms with Crippen LogP contribution in [0.25, 0.3) is 0 Å². The number of rotatable bonds is 7. The Kier molecular flexibility index (Phi) is 6.42. The van der Waals surface area contributed by atoms with Crippen molar-refractivity contribution in [3.05, 3.63) is 0 Å². The van der Waals surface area contributed by atoms with Gasteiger partial charge in [0.15, 0.2) is 0 Å². The van der Waals surface area contributed by atoms with Crippen LogP contribution in [0.3, 0.4) is 0 Å². The van der Waals surface area contributed by atoms with Crippen LogP contribution in [0.2, 0.25) is 0 Å². The van der Waals surface area contributed by atoms with E-state index in [9.17, 15) is 13.2 Å². The molecule has 2 N–H and O–H groups in total. The van der Waals surface area contributed by atoms with Gasteiger partial charge in [-0.25, -0.2) is 0 Å². The maximum absolute atomic E-state index is 12.3. The highest BCUT2D eigenvalue weighted by Crippen LogP contribution is 2.23. The average molecular weight is 306 g/mol. The molecule has 3 unspecified atom stereocenters. The minimum absolute atomic E-state index is 0.300. The lowest BCUT2D eigenvalue weighted by molar-refractivity contribution is -0.139. The van der Waals surface area contributed by atoms with Crippen molar-refractivity contribution in [2.45, 2.75) is 52.5 Å². The van der Waals surface area contributed by atoms with Crippen LogP contribution in [0, 0.1) is 11.8 Å². The molecule has 0 bridgehead atoms. The zero-order chi connectivity index (χ0) is 15.3. The van der Waals surface area contributed by atoms with Gasteiger partial charge in [0.25, 0.3) is 10.2 Å². The van der Waals surface area contributed by atoms with E-state index in [2.05, 4.69) is 4.72 Å². The van der Waals surface area contributed by atoms with Crippen LogP contribution < -0.4 is 4.72 Å². The molecule has 7 heteroatoms. The smallest absolute Gasteiger partial charge is 0.321 e. The van der Waals surface area contributed by atoms with Crippen LogP contribution in [0.5, 0.6) is 0 Å². The van der Waals surface area contributed by atoms with E-state index in [4.69, 9.17) is 5.11 Å². The molecule has 1 fully saturated rings. The second kappa shape index (κ2) is 7.38. The normalized spacial score (nSPS) is 26.4. The summed E-state index contributed by atoms with van der Waals surface area (Å²) in [6.07, 6.45) is 2.85. The number of unbranched alkanes of at least 4 members (excludes halogenated alkanes) is 1. The molecule has 0 spiro atoms. The van der Waals surface area contributed by atoms with Gasteiger partial charge in [0.05, 0.1) is 0 Å². The Hall–Kier alpha value is -0.660. The van der Waals surface area contributed by atoms with E-state index in [-0.39, 0.29) is 0 Å². The predicted octanol–water partition coefficient (Wildman–Crippen LogP) is 1.44. The van der Waals surface area contributed by atoms with Crippen molar-refractivity contribution < 1.29 is 18.3 Å². The van der Waals surface area contributed by atoms with Gasteiger partial charge >= 0.3 is 5.97 Å². The molecule has 0 saturated carbocycles. The number of carboxylic acid groups (broad SMARTS) is 1. The molecule has 0 aromatic heterocycles. The van der Waals surface area contributed by atoms with E-state index in [0.717, 1.165) is 12.8 Å². The summed E-state index contributed by atoms with van der Waals surface area (Å²) in [5.74, 6) is -0.511. The molecule has 20 heavy (non-hydrogen) atoms. The minimum atomic E-state index is -3.72. The summed E-state index contributed by atoms with van der Waals surface area (Å²) >= 11 is 0. The highest BCUT2D eigenvalue weighted by Gasteiger charge is 2.33. The highest BCUT2D eigenvalue weighted by atomic mass is 32.2. The zero-order valence-electron chi connectivity index (χ0n) is 12.5. The second-order valence-corrected chi connectivity index (χ2v) is 7.62. The van der Waals surface area contributed by atoms with Gasteiger partial charge in [-0.15, -0.1) is 0 Å². The molecule has 1 saturated heterocycles. The predicted molar refractivity (Wildman–Crippen MR) is 77.5 cm³/mol. The van der Waals surface area contributed by atoms with Gasteiger partial charge < -0.3 is 5.11 Å². The van der Waals surface area contributed by atoms with Gasteiger partial charge in [-0.3, -0.25) is 4.79 Å². The standard InChI is InChI=1S/C13H26N2O4S/c1-4-5-6-12(13(16)17)14-20(18,19)15-8-10(2)7-11(3)9-15/h10-12,14H,4-9H2,1-3H3,(H,16,17). The zero-order valence-corrected chi connectivity index (χ0v) is 13.3. The Morgan fingerprint density at radius 1 is 1.35 bits per heavy atom. The molecule has 0 radical (unpaired) electrons. The number of nitrogens with zero attached hydrogens (tertiary/aromatic N) is 1. The summed E-state index contributed by atoms with van der Waals surface area (Å²) in [7, 11) is -3.72. The maximum atomic E-state index is 12.3. The Morgan fingerprint density at radius 3 is 2.35 bits per heavy atom. The summed E-state index contributed by atoms with van der Waals surface area (Å²) < 4.78 is 28.3. The summed E-state index contributed by atoms with van der Waals surface area (Å²) in [6, 6.07) is -1.03. The lowest BCUT2D eigenvalue weighted by Crippen LogP contribution is -2.52. The minimum Gasteiger partial charge on any atom is -0.480 e. The maximum Gasteiger partial charge on any atom is 0.321 e. The van der Waals surface area contributed by atoms with Gasteiger partial charge in [-0.2, -0.15) is 17.4 Å². The molecule has 0 aromatic rings. The van der Waals surface area contributed by atoms with E-state index in [1.807, 2.05) is 20.8 Å². The Bertz CT molecular complexity index is 414. The van der Waals surface area contributed by atoms with Crippen LogP contribution in [-0.4, -0.2) is 42.9 Å². The summed E-state index contributed by atoms with van der Waals surface area (Å²) in [6.45, 7) is 6.90. The molecular weight excluding hydrogens is 280 g/mol. The lowest BCUT2D eigenvalue weighted by atomic mass is 9.94. The highest BCUT2D eigenvalue weighted by molar-refractivity contribution is 7.87. The molecule has 1 rings (SSSR count). The van der Waals surface area contributed by atoms with Crippen LogP contribution in [0.4, 0.5) is 0 Å². The summed E-state index contributed by atoms with van der Waals surface area (Å²) in [4.78, 5) is 11.1. The van der Waals surface area contributed by atoms with Gasteiger partial charge in [0, 0.05) is 13.1 Å². The molecule has 0 aliphatic carbocycles. The fourth-order valence-corrected chi connectivity index (χ4v) is 4.33. The van der Waals surface area contributed by atoms with Crippen molar-refractivity contribution in [2.24, 2.45) is 11.8 Å². The molecule has 0 aromatic carbocycles. The first-order valence-electron chi connectivity index (χ1n) is 7.26. The molecule has 6 nitrogen and oxygen atoms in total. The monoisotopic (exact) mass is 306 g/mol. The van der Waals surface area contributed by atoms with Crippen molar-refractivity contribution in [2.75, 3.05) is 13.1 Å². The third-order valence-electron chi connectivity index (χ3n) is 3.61. The first-order chi connectivity index (χ1) is 9.26. The SMILES string of the molecule is CCCCC(NS(=O)(=O)N1CC(C)CC(C)C1)C(=O)O. The fraction of sp³-hybridized carbons (Fsp3) is 0.923. The molecule has 3 atom stereocenters. The van der Waals surface area contributed by atoms with Crippen molar-refractivity contribution >= 4 is 16.2 Å². The molecule has 0 amide bonds. The van der Waals surface area contributed by atoms with Gasteiger partial charge in [0.1, 0.15) is 6.04 Å². The van der Waals surface area contributed by atoms with Gasteiger partial charge in [0.2, 0.25) is 0 Å². The van der Waals surface area contributed by atoms with Crippen molar-refractivity contribution in [3.8, 4) is 0 Å². The molecule has 118 valence electrons. The number of nitrogens with one attached hydrogen (secondary N) is 1. The fourth-order valence-electron chi connectivity index (χ4n) is 2.70. The average Bonchev–Trinajstić information content (AvgIpc) is 2.32. The molecule has 1 heterocycles. The number of hydrogen-bond donors (Lipinski definition) is 2. The van der Waals surface area contributed by atoms with Crippen LogP contribution in [0.15, 0.2) is 0 Å². The van der Waals surface area contributed by atoms with E-state index < -0.39 is 22.2 Å². The summed E-state index contributed by atoms with van der Waals surface area (Å²) in [5.41, 5.74) is 0. The number of carboxylic acids is 1. The Morgan fingerprint density at radius 2 is 1.90 bits per heavy atom. The first kappa shape index (κ1) is 17.4. The first-order valence-corrected chi connectivity index (χ1v) is 8.70. The number of hydrogen-bond acceptors (Lipinski definition) is 3. The van der Waals surface area contributed by atoms with E-state index in [0.29, 0.717) is 37.8 Å². The van der Waals surface area contributed by atoms with E-state index >= 15 is 0 Å². The van der Waals surface area contributed by atoms with Crippen molar-refractivity contribution in [1.29, 1.82) is 0 Å². The Labute approximate surface area is 121 Å². The number of aliphatic carboxylic acids is 1. The van der Waals surface area contributed by atoms with Gasteiger partial charge in [-0.1, -0.05) is 33.6 Å². The topological polar surface area (TPSA) is 86.7 Å². The third-order valence-corrected chi connectivity index (χ3v) is 5.17. The quantitative estimate of drug-likeness (QED) is 0.745. The number of piperidine rings is 1. The lowest BCUT2D eigenvalue weighted by Gasteiger charge is -2.34. The number of carbonyl (C=O) groups is 1. The van der Waals surface area contributed by atoms with Crippen molar-refractivity contribution in [3.63, 3.8) is 0 Å². The summed E-state index contributed by atoms with van der Waals surface area (Å²) in [5, 5.41) is 9.12. The molecule has 1 aliphatic heterocycles. The van der Waals surface area contributed by atoms with Crippen LogP contribution in [-0.2, 0) is 15.0 Å². The van der Waals surface area contributed by atoms with Crippen LogP contribution in [0.1, 0.15) is 46.5 Å². The third kappa shape index (κ3) is 5.03. The Balaban J connectivity index is 2.73. The van der Waals surface area contributed by atoms with Gasteiger partial charge in [-0.05, 0) is 24.7 Å². The van der Waals surface area contributed by atoms with Crippen molar-refractivity contribution in [1.82, 2.24) is 9.03 Å². The van der Waals surface area contributed by atoms with E-state index in [1.54, 1.807) is 0 Å².